The van der Waals surface area contributed by atoms with Crippen molar-refractivity contribution in [2.24, 2.45) is 0 Å². The van der Waals surface area contributed by atoms with Crippen LogP contribution in [-0.2, 0) is 4.79 Å². The molecule has 1 amide bonds. The Morgan fingerprint density at radius 3 is 2.52 bits per heavy atom. The number of carbonyl (C=O) groups excluding carboxylic acids is 1. The maximum Gasteiger partial charge on any atom is 0.271 e. The highest BCUT2D eigenvalue weighted by molar-refractivity contribution is 6.30. The molecule has 0 saturated carbocycles. The van der Waals surface area contributed by atoms with Gasteiger partial charge in [0.2, 0.25) is 0 Å². The first-order chi connectivity index (χ1) is 10.9. The fourth-order valence-corrected chi connectivity index (χ4v) is 1.99. The summed E-state index contributed by atoms with van der Waals surface area (Å²) < 4.78 is 5.52. The van der Waals surface area contributed by atoms with E-state index in [0.29, 0.717) is 16.5 Å². The molecule has 0 spiro atoms. The zero-order chi connectivity index (χ0) is 17.0. The summed E-state index contributed by atoms with van der Waals surface area (Å²) >= 11 is 5.79. The standard InChI is InChI=1S/C16H15ClN2O4/c1-10-3-6-13(19(21)22)9-15(10)18-16(20)11(2)23-14-7-4-12(17)5-8-14/h3-9,11H,1-2H3,(H,18,20). The second kappa shape index (κ2) is 7.11. The van der Waals surface area contributed by atoms with Gasteiger partial charge in [0.1, 0.15) is 5.75 Å². The second-order valence-corrected chi connectivity index (χ2v) is 5.40. The molecule has 120 valence electrons. The lowest BCUT2D eigenvalue weighted by molar-refractivity contribution is -0.384. The highest BCUT2D eigenvalue weighted by Crippen LogP contribution is 2.22. The van der Waals surface area contributed by atoms with Crippen molar-refractivity contribution in [3.8, 4) is 5.75 Å². The zero-order valence-corrected chi connectivity index (χ0v) is 13.3. The van der Waals surface area contributed by atoms with Crippen LogP contribution in [0.2, 0.25) is 5.02 Å². The quantitative estimate of drug-likeness (QED) is 0.662. The Balaban J connectivity index is 2.07. The van der Waals surface area contributed by atoms with Crippen LogP contribution in [0.3, 0.4) is 0 Å². The van der Waals surface area contributed by atoms with Crippen LogP contribution in [0, 0.1) is 17.0 Å². The highest BCUT2D eigenvalue weighted by atomic mass is 35.5. The fourth-order valence-electron chi connectivity index (χ4n) is 1.86. The van der Waals surface area contributed by atoms with E-state index in [9.17, 15) is 14.9 Å². The van der Waals surface area contributed by atoms with Gasteiger partial charge >= 0.3 is 0 Å². The topological polar surface area (TPSA) is 81.5 Å². The monoisotopic (exact) mass is 334 g/mol. The third-order valence-corrected chi connectivity index (χ3v) is 3.44. The number of nitro benzene ring substituents is 1. The average Bonchev–Trinajstić information content (AvgIpc) is 2.51. The summed E-state index contributed by atoms with van der Waals surface area (Å²) in [5.41, 5.74) is 1.02. The van der Waals surface area contributed by atoms with Gasteiger partial charge in [0.15, 0.2) is 6.10 Å². The number of nitro groups is 1. The number of amides is 1. The largest absolute Gasteiger partial charge is 0.481 e. The lowest BCUT2D eigenvalue weighted by atomic mass is 10.1. The molecule has 0 bridgehead atoms. The predicted molar refractivity (Wildman–Crippen MR) is 88.0 cm³/mol. The number of benzene rings is 2. The van der Waals surface area contributed by atoms with Crippen molar-refractivity contribution in [3.05, 3.63) is 63.2 Å². The molecule has 0 aromatic heterocycles. The highest BCUT2D eigenvalue weighted by Gasteiger charge is 2.17. The van der Waals surface area contributed by atoms with Gasteiger partial charge in [0, 0.05) is 17.2 Å². The van der Waals surface area contributed by atoms with Gasteiger partial charge < -0.3 is 10.1 Å². The van der Waals surface area contributed by atoms with E-state index >= 15 is 0 Å². The number of hydrogen-bond donors (Lipinski definition) is 1. The van der Waals surface area contributed by atoms with E-state index in [1.165, 1.54) is 12.1 Å². The number of rotatable bonds is 5. The van der Waals surface area contributed by atoms with Crippen LogP contribution in [0.4, 0.5) is 11.4 Å². The van der Waals surface area contributed by atoms with E-state index in [1.807, 2.05) is 0 Å². The fraction of sp³-hybridized carbons (Fsp3) is 0.188. The van der Waals surface area contributed by atoms with Crippen molar-refractivity contribution < 1.29 is 14.5 Å². The molecular formula is C16H15ClN2O4. The van der Waals surface area contributed by atoms with Crippen molar-refractivity contribution in [3.63, 3.8) is 0 Å². The molecule has 0 saturated heterocycles. The van der Waals surface area contributed by atoms with Crippen LogP contribution in [0.1, 0.15) is 12.5 Å². The van der Waals surface area contributed by atoms with Gasteiger partial charge in [0.25, 0.3) is 11.6 Å². The van der Waals surface area contributed by atoms with Crippen molar-refractivity contribution in [1.29, 1.82) is 0 Å². The first-order valence-corrected chi connectivity index (χ1v) is 7.23. The summed E-state index contributed by atoms with van der Waals surface area (Å²) in [6.45, 7) is 3.35. The molecule has 23 heavy (non-hydrogen) atoms. The molecule has 0 radical (unpaired) electrons. The Morgan fingerprint density at radius 1 is 1.26 bits per heavy atom. The molecular weight excluding hydrogens is 320 g/mol. The molecule has 2 aromatic rings. The number of aryl methyl sites for hydroxylation is 1. The number of non-ortho nitro benzene ring substituents is 1. The second-order valence-electron chi connectivity index (χ2n) is 4.96. The molecule has 0 aliphatic carbocycles. The number of nitrogens with one attached hydrogen (secondary N) is 1. The Morgan fingerprint density at radius 2 is 1.91 bits per heavy atom. The van der Waals surface area contributed by atoms with E-state index in [1.54, 1.807) is 44.2 Å². The zero-order valence-electron chi connectivity index (χ0n) is 12.6. The first-order valence-electron chi connectivity index (χ1n) is 6.85. The summed E-state index contributed by atoms with van der Waals surface area (Å²) in [4.78, 5) is 22.5. The molecule has 1 N–H and O–H groups in total. The summed E-state index contributed by atoms with van der Waals surface area (Å²) in [7, 11) is 0. The molecule has 1 atom stereocenters. The van der Waals surface area contributed by atoms with E-state index in [2.05, 4.69) is 5.32 Å². The smallest absolute Gasteiger partial charge is 0.271 e. The van der Waals surface area contributed by atoms with Crippen LogP contribution in [0.15, 0.2) is 42.5 Å². The van der Waals surface area contributed by atoms with Gasteiger partial charge in [-0.3, -0.25) is 14.9 Å². The number of hydrogen-bond acceptors (Lipinski definition) is 4. The van der Waals surface area contributed by atoms with Gasteiger partial charge in [-0.2, -0.15) is 0 Å². The minimum absolute atomic E-state index is 0.0860. The summed E-state index contributed by atoms with van der Waals surface area (Å²) in [5, 5.41) is 14.0. The minimum Gasteiger partial charge on any atom is -0.481 e. The van der Waals surface area contributed by atoms with Gasteiger partial charge in [0.05, 0.1) is 10.6 Å². The average molecular weight is 335 g/mol. The maximum atomic E-state index is 12.2. The third kappa shape index (κ3) is 4.43. The van der Waals surface area contributed by atoms with Gasteiger partial charge in [-0.1, -0.05) is 17.7 Å². The minimum atomic E-state index is -0.769. The molecule has 7 heteroatoms. The van der Waals surface area contributed by atoms with E-state index in [-0.39, 0.29) is 5.69 Å². The lowest BCUT2D eigenvalue weighted by Crippen LogP contribution is -2.30. The van der Waals surface area contributed by atoms with Crippen molar-refractivity contribution >= 4 is 28.9 Å². The maximum absolute atomic E-state index is 12.2. The molecule has 6 nitrogen and oxygen atoms in total. The number of halogens is 1. The van der Waals surface area contributed by atoms with Crippen molar-refractivity contribution in [2.45, 2.75) is 20.0 Å². The Bertz CT molecular complexity index is 731. The van der Waals surface area contributed by atoms with Crippen molar-refractivity contribution in [1.82, 2.24) is 0 Å². The number of nitrogens with zero attached hydrogens (tertiary/aromatic N) is 1. The number of ether oxygens (including phenoxy) is 1. The van der Waals surface area contributed by atoms with Crippen LogP contribution < -0.4 is 10.1 Å². The van der Waals surface area contributed by atoms with Crippen LogP contribution in [0.25, 0.3) is 0 Å². The number of anilines is 1. The van der Waals surface area contributed by atoms with Crippen LogP contribution >= 0.6 is 11.6 Å². The molecule has 0 fully saturated rings. The third-order valence-electron chi connectivity index (χ3n) is 3.19. The van der Waals surface area contributed by atoms with E-state index < -0.39 is 16.9 Å². The lowest BCUT2D eigenvalue weighted by Gasteiger charge is -2.15. The Kier molecular flexibility index (Phi) is 5.18. The van der Waals surface area contributed by atoms with Gasteiger partial charge in [-0.25, -0.2) is 0 Å². The molecule has 0 heterocycles. The summed E-state index contributed by atoms with van der Waals surface area (Å²) in [6.07, 6.45) is -0.769. The normalized spacial score (nSPS) is 11.6. The van der Waals surface area contributed by atoms with Crippen LogP contribution in [0.5, 0.6) is 5.75 Å². The van der Waals surface area contributed by atoms with Gasteiger partial charge in [-0.15, -0.1) is 0 Å². The summed E-state index contributed by atoms with van der Waals surface area (Å²) in [5.74, 6) is 0.108. The molecule has 1 unspecified atom stereocenters. The SMILES string of the molecule is Cc1ccc([N+](=O)[O-])cc1NC(=O)C(C)Oc1ccc(Cl)cc1. The van der Waals surface area contributed by atoms with Gasteiger partial charge in [-0.05, 0) is 43.7 Å². The molecule has 0 aliphatic rings. The number of carbonyl (C=O) groups is 1. The Labute approximate surface area is 138 Å². The molecule has 2 aromatic carbocycles. The Hall–Kier alpha value is -2.60. The predicted octanol–water partition coefficient (Wildman–Crippen LogP) is 3.96. The van der Waals surface area contributed by atoms with E-state index in [0.717, 1.165) is 5.56 Å². The molecule has 0 aliphatic heterocycles. The first kappa shape index (κ1) is 16.8. The molecule has 2 rings (SSSR count). The van der Waals surface area contributed by atoms with E-state index in [4.69, 9.17) is 16.3 Å². The van der Waals surface area contributed by atoms with Crippen molar-refractivity contribution in [2.75, 3.05) is 5.32 Å². The van der Waals surface area contributed by atoms with Crippen LogP contribution in [-0.4, -0.2) is 16.9 Å². The summed E-state index contributed by atoms with van der Waals surface area (Å²) in [6, 6.07) is 10.9.